The van der Waals surface area contributed by atoms with Crippen LogP contribution in [0.3, 0.4) is 0 Å². The summed E-state index contributed by atoms with van der Waals surface area (Å²) in [6.45, 7) is 10.1. The second-order valence-corrected chi connectivity index (χ2v) is 6.79. The number of nitriles is 1. The molecule has 0 rings (SSSR count). The van der Waals surface area contributed by atoms with Crippen molar-refractivity contribution in [2.75, 3.05) is 19.8 Å². The molecule has 0 heterocycles. The molecule has 0 N–H and O–H groups in total. The Hall–Kier alpha value is 0.450. The molecule has 0 aromatic rings. The Morgan fingerprint density at radius 1 is 1.05 bits per heavy atom. The molecule has 0 aliphatic carbocycles. The van der Waals surface area contributed by atoms with Crippen molar-refractivity contribution in [2.24, 2.45) is 0 Å². The number of hydrogen-bond acceptors (Lipinski definition) is 6. The third-order valence-corrected chi connectivity index (χ3v) is 4.89. The van der Waals surface area contributed by atoms with Gasteiger partial charge in [0.05, 0.1) is 32.3 Å². The van der Waals surface area contributed by atoms with Crippen LogP contribution in [0.5, 0.6) is 0 Å². The van der Waals surface area contributed by atoms with Crippen LogP contribution in [0.2, 0.25) is 0 Å². The van der Waals surface area contributed by atoms with E-state index < -0.39 is 8.53 Å². The molecule has 0 aliphatic heterocycles. The first-order chi connectivity index (χ1) is 10.0. The minimum atomic E-state index is -1.13. The van der Waals surface area contributed by atoms with E-state index in [1.807, 2.05) is 0 Å². The summed E-state index contributed by atoms with van der Waals surface area (Å²) >= 11 is 1.70. The molecule has 0 radical (unpaired) electrons. The van der Waals surface area contributed by atoms with Crippen LogP contribution in [0.15, 0.2) is 0 Å². The molecular weight excluding hydrogens is 406 g/mol. The zero-order valence-electron chi connectivity index (χ0n) is 13.2. The Morgan fingerprint density at radius 3 is 2.14 bits per heavy atom. The van der Waals surface area contributed by atoms with Gasteiger partial charge >= 0.3 is 0 Å². The summed E-state index contributed by atoms with van der Waals surface area (Å²) in [6.07, 6.45) is 2.13. The summed E-state index contributed by atoms with van der Waals surface area (Å²) in [5.41, 5.74) is 0. The summed E-state index contributed by atoms with van der Waals surface area (Å²) in [6, 6.07) is 2.75. The van der Waals surface area contributed by atoms with Crippen molar-refractivity contribution in [1.82, 2.24) is 4.67 Å². The second-order valence-electron chi connectivity index (χ2n) is 4.97. The molecule has 1 unspecified atom stereocenters. The maximum atomic E-state index is 8.63. The van der Waals surface area contributed by atoms with Gasteiger partial charge in [0.2, 0.25) is 0 Å². The summed E-state index contributed by atoms with van der Waals surface area (Å²) in [4.78, 5) is 4.80. The number of unbranched alkanes of at least 4 members (excludes halogenated alkanes) is 1. The molecule has 0 amide bonds. The average molecular weight is 432 g/mol. The predicted octanol–water partition coefficient (Wildman–Crippen LogP) is 4.36. The van der Waals surface area contributed by atoms with Crippen LogP contribution in [0.1, 0.15) is 47.0 Å². The van der Waals surface area contributed by atoms with E-state index in [1.165, 1.54) is 0 Å². The monoisotopic (exact) mass is 432 g/mol. The van der Waals surface area contributed by atoms with Crippen LogP contribution < -0.4 is 0 Å². The van der Waals surface area contributed by atoms with E-state index in [-0.39, 0.29) is 0 Å². The summed E-state index contributed by atoms with van der Waals surface area (Å²) in [7, 11) is -1.13. The normalized spacial score (nSPS) is 13.1. The van der Waals surface area contributed by atoms with Crippen molar-refractivity contribution in [3.63, 3.8) is 0 Å². The van der Waals surface area contributed by atoms with E-state index in [4.69, 9.17) is 19.2 Å². The lowest BCUT2D eigenvalue weighted by molar-refractivity contribution is -0.166. The van der Waals surface area contributed by atoms with Crippen LogP contribution in [-0.2, 0) is 17.2 Å². The first-order valence-corrected chi connectivity index (χ1v) is 9.17. The van der Waals surface area contributed by atoms with Gasteiger partial charge in [-0.3, -0.25) is 0 Å². The van der Waals surface area contributed by atoms with E-state index >= 15 is 0 Å². The molecule has 0 saturated carbocycles. The van der Waals surface area contributed by atoms with Crippen molar-refractivity contribution < 1.29 is 17.2 Å². The molecule has 0 aliphatic rings. The second kappa shape index (κ2) is 14.1. The summed E-state index contributed by atoms with van der Waals surface area (Å²) in [5, 5.41) is 8.63. The minimum absolute atomic E-state index is 0.328. The minimum Gasteiger partial charge on any atom is -0.322 e. The van der Waals surface area contributed by atoms with Crippen LogP contribution >= 0.6 is 31.5 Å². The Bertz CT molecular complexity index is 282. The fourth-order valence-corrected chi connectivity index (χ4v) is 3.56. The van der Waals surface area contributed by atoms with Crippen molar-refractivity contribution in [3.8, 4) is 6.07 Å². The first-order valence-electron chi connectivity index (χ1n) is 7.16. The van der Waals surface area contributed by atoms with Crippen molar-refractivity contribution in [2.45, 2.75) is 59.0 Å². The molecule has 0 aromatic carbocycles. The van der Waals surface area contributed by atoms with Gasteiger partial charge < -0.3 is 9.05 Å². The van der Waals surface area contributed by atoms with Crippen molar-refractivity contribution >= 4 is 31.5 Å². The number of hydrogen-bond donors (Lipinski definition) is 0. The standard InChI is InChI=1S/C13H26IN2O4P/c1-12(2)16(13(3)4)21(19-11-7-8-15)18-10-6-5-9-17-20-14/h12-13H,5-7,9-11H2,1-4H3. The topological polar surface area (TPSA) is 64.0 Å². The zero-order valence-corrected chi connectivity index (χ0v) is 16.3. The molecule has 124 valence electrons. The fraction of sp³-hybridized carbons (Fsp3) is 0.923. The van der Waals surface area contributed by atoms with Gasteiger partial charge in [0.1, 0.15) is 0 Å². The van der Waals surface area contributed by atoms with Gasteiger partial charge in [-0.2, -0.15) is 8.48 Å². The Balaban J connectivity index is 4.27. The highest BCUT2D eigenvalue weighted by atomic mass is 127. The van der Waals surface area contributed by atoms with Crippen molar-refractivity contribution in [3.05, 3.63) is 0 Å². The van der Waals surface area contributed by atoms with E-state index in [9.17, 15) is 0 Å². The molecule has 21 heavy (non-hydrogen) atoms. The highest BCUT2D eigenvalue weighted by Gasteiger charge is 2.26. The van der Waals surface area contributed by atoms with Gasteiger partial charge in [0, 0.05) is 12.1 Å². The smallest absolute Gasteiger partial charge is 0.259 e. The number of halogens is 1. The predicted molar refractivity (Wildman–Crippen MR) is 91.5 cm³/mol. The van der Waals surface area contributed by atoms with Gasteiger partial charge in [0.15, 0.2) is 23.0 Å². The largest absolute Gasteiger partial charge is 0.322 e. The Labute approximate surface area is 143 Å². The van der Waals surface area contributed by atoms with Gasteiger partial charge in [-0.05, 0) is 40.5 Å². The maximum Gasteiger partial charge on any atom is 0.259 e. The molecule has 0 spiro atoms. The van der Waals surface area contributed by atoms with E-state index in [1.54, 1.807) is 23.0 Å². The first kappa shape index (κ1) is 21.4. The third kappa shape index (κ3) is 10.7. The molecule has 0 saturated heterocycles. The van der Waals surface area contributed by atoms with Crippen LogP contribution in [0.25, 0.3) is 0 Å². The number of rotatable bonds is 13. The maximum absolute atomic E-state index is 8.63. The van der Waals surface area contributed by atoms with Gasteiger partial charge in [0.25, 0.3) is 8.53 Å². The highest BCUT2D eigenvalue weighted by Crippen LogP contribution is 2.46. The molecule has 6 nitrogen and oxygen atoms in total. The molecule has 0 fully saturated rings. The van der Waals surface area contributed by atoms with E-state index in [0.717, 1.165) is 12.8 Å². The SMILES string of the molecule is CC(C)N(C(C)C)P(OCCC#N)OCCCCOOI. The van der Waals surface area contributed by atoms with E-state index in [0.29, 0.717) is 38.3 Å². The zero-order chi connectivity index (χ0) is 16.1. The highest BCUT2D eigenvalue weighted by molar-refractivity contribution is 14.1. The van der Waals surface area contributed by atoms with Crippen molar-refractivity contribution in [1.29, 1.82) is 5.26 Å². The molecule has 8 heteroatoms. The van der Waals surface area contributed by atoms with Crippen LogP contribution in [0.4, 0.5) is 0 Å². The van der Waals surface area contributed by atoms with Gasteiger partial charge in [-0.15, -0.1) is 0 Å². The van der Waals surface area contributed by atoms with Crippen LogP contribution in [0, 0.1) is 11.3 Å². The van der Waals surface area contributed by atoms with E-state index in [2.05, 4.69) is 41.7 Å². The van der Waals surface area contributed by atoms with Gasteiger partial charge in [-0.25, -0.2) is 9.56 Å². The molecular formula is C13H26IN2O4P. The third-order valence-electron chi connectivity index (χ3n) is 2.53. The Morgan fingerprint density at radius 2 is 1.62 bits per heavy atom. The molecule has 0 bridgehead atoms. The summed E-state index contributed by atoms with van der Waals surface area (Å²) < 4.78 is 18.4. The lowest BCUT2D eigenvalue weighted by atomic mass is 10.3. The van der Waals surface area contributed by atoms with Gasteiger partial charge in [-0.1, -0.05) is 0 Å². The molecule has 0 aromatic heterocycles. The molecule has 1 atom stereocenters. The average Bonchev–Trinajstić information content (AvgIpc) is 2.41. The van der Waals surface area contributed by atoms with Crippen LogP contribution in [-0.4, -0.2) is 36.6 Å². The summed E-state index contributed by atoms with van der Waals surface area (Å²) in [5.74, 6) is 0. The Kier molecular flexibility index (Phi) is 14.4. The lowest BCUT2D eigenvalue weighted by Gasteiger charge is -2.35. The quantitative estimate of drug-likeness (QED) is 0.142. The lowest BCUT2D eigenvalue weighted by Crippen LogP contribution is -2.33. The number of nitrogens with zero attached hydrogens (tertiary/aromatic N) is 2. The fourth-order valence-electron chi connectivity index (χ4n) is 1.75.